The molecular formula is C26H32Cl2N2O6S. The number of rotatable bonds is 8. The summed E-state index contributed by atoms with van der Waals surface area (Å²) in [6.07, 6.45) is -2.88. The van der Waals surface area contributed by atoms with E-state index in [1.165, 1.54) is 0 Å². The molecule has 3 rings (SSSR count). The Morgan fingerprint density at radius 3 is 2.30 bits per heavy atom. The van der Waals surface area contributed by atoms with Crippen LogP contribution < -0.4 is 5.32 Å². The number of carbonyl (C=O) groups excluding carboxylic acids is 1. The molecule has 1 aliphatic heterocycles. The fourth-order valence-electron chi connectivity index (χ4n) is 4.32. The van der Waals surface area contributed by atoms with E-state index in [4.69, 9.17) is 33.0 Å². The highest BCUT2D eigenvalue weighted by Gasteiger charge is 2.48. The molecule has 11 heteroatoms. The van der Waals surface area contributed by atoms with E-state index in [0.717, 1.165) is 0 Å². The third kappa shape index (κ3) is 6.76. The van der Waals surface area contributed by atoms with Gasteiger partial charge in [0.2, 0.25) is 0 Å². The smallest absolute Gasteiger partial charge is 0.404 e. The van der Waals surface area contributed by atoms with Gasteiger partial charge >= 0.3 is 6.09 Å². The van der Waals surface area contributed by atoms with Crippen molar-refractivity contribution in [2.75, 3.05) is 12.3 Å². The summed E-state index contributed by atoms with van der Waals surface area (Å²) >= 11 is 12.4. The van der Waals surface area contributed by atoms with E-state index in [-0.39, 0.29) is 12.3 Å². The topological polar surface area (TPSA) is 113 Å². The second-order valence-corrected chi connectivity index (χ2v) is 13.6. The molecule has 2 amide bonds. The summed E-state index contributed by atoms with van der Waals surface area (Å²) in [7, 11) is -3.61. The molecule has 0 bridgehead atoms. The molecule has 0 radical (unpaired) electrons. The lowest BCUT2D eigenvalue weighted by Gasteiger charge is -2.48. The molecule has 0 aliphatic carbocycles. The number of nitrogens with zero attached hydrogens (tertiary/aromatic N) is 1. The highest BCUT2D eigenvalue weighted by molar-refractivity contribution is 7.92. The second kappa shape index (κ2) is 11.6. The number of amides is 2. The molecule has 1 fully saturated rings. The van der Waals surface area contributed by atoms with Crippen molar-refractivity contribution >= 4 is 45.0 Å². The molecule has 0 saturated carbocycles. The summed E-state index contributed by atoms with van der Waals surface area (Å²) in [5, 5.41) is 12.4. The summed E-state index contributed by atoms with van der Waals surface area (Å²) in [6, 6.07) is 12.5. The van der Waals surface area contributed by atoms with Crippen molar-refractivity contribution in [2.24, 2.45) is 0 Å². The Balaban J connectivity index is 2.19. The normalized spacial score (nSPS) is 21.5. The van der Waals surface area contributed by atoms with Gasteiger partial charge < -0.3 is 20.1 Å². The van der Waals surface area contributed by atoms with Crippen LogP contribution in [0.5, 0.6) is 0 Å². The van der Waals surface area contributed by atoms with Gasteiger partial charge in [-0.2, -0.15) is 0 Å². The summed E-state index contributed by atoms with van der Waals surface area (Å²) in [5.41, 5.74) is 1.36. The first-order chi connectivity index (χ1) is 17.2. The van der Waals surface area contributed by atoms with Gasteiger partial charge in [-0.1, -0.05) is 54.4 Å². The summed E-state index contributed by atoms with van der Waals surface area (Å²) in [5.74, 6) is -0.757. The lowest BCUT2D eigenvalue weighted by atomic mass is 9.90. The Morgan fingerprint density at radius 1 is 1.11 bits per heavy atom. The second-order valence-electron chi connectivity index (χ2n) is 9.98. The first kappa shape index (κ1) is 29.2. The standard InChI is InChI=1S/C26H32Cl2N2O6S/c1-5-20(15-37(34,35)26(2,3)4)30-22(16-9-11-18(27)12-10-16)23(17-7-6-8-19(28)13-17)36-21(24(30)31)14-29-25(32)33/h6-13,20-23,29H,5,14-15H2,1-4H3,(H,32,33)/t20?,21-,22-,23-/m1/s1. The van der Waals surface area contributed by atoms with Crippen molar-refractivity contribution in [1.29, 1.82) is 0 Å². The van der Waals surface area contributed by atoms with E-state index in [1.807, 2.05) is 13.0 Å². The van der Waals surface area contributed by atoms with E-state index in [9.17, 15) is 18.0 Å². The van der Waals surface area contributed by atoms with Gasteiger partial charge in [0, 0.05) is 16.1 Å². The number of carbonyl (C=O) groups is 2. The lowest BCUT2D eigenvalue weighted by Crippen LogP contribution is -2.59. The number of nitrogens with one attached hydrogen (secondary N) is 1. The minimum absolute atomic E-state index is 0.260. The average molecular weight is 572 g/mol. The Labute approximate surface area is 227 Å². The zero-order chi connectivity index (χ0) is 27.5. The van der Waals surface area contributed by atoms with Crippen LogP contribution in [-0.4, -0.2) is 59.6 Å². The summed E-state index contributed by atoms with van der Waals surface area (Å²) < 4.78 is 31.7. The van der Waals surface area contributed by atoms with E-state index in [0.29, 0.717) is 27.6 Å². The van der Waals surface area contributed by atoms with Crippen LogP contribution in [0.1, 0.15) is 57.4 Å². The van der Waals surface area contributed by atoms with Gasteiger partial charge in [-0.05, 0) is 62.6 Å². The Morgan fingerprint density at radius 2 is 1.76 bits per heavy atom. The van der Waals surface area contributed by atoms with E-state index in [1.54, 1.807) is 68.1 Å². The van der Waals surface area contributed by atoms with E-state index >= 15 is 0 Å². The molecule has 1 saturated heterocycles. The van der Waals surface area contributed by atoms with E-state index in [2.05, 4.69) is 5.32 Å². The number of hydrogen-bond donors (Lipinski definition) is 2. The number of carboxylic acid groups (broad SMARTS) is 1. The molecule has 202 valence electrons. The zero-order valence-corrected chi connectivity index (χ0v) is 23.5. The van der Waals surface area contributed by atoms with E-state index < -0.39 is 50.9 Å². The molecule has 2 aromatic rings. The van der Waals surface area contributed by atoms with Crippen molar-refractivity contribution in [3.05, 3.63) is 69.7 Å². The Bertz CT molecular complexity index is 1230. The van der Waals surface area contributed by atoms with Crippen LogP contribution in [0.15, 0.2) is 48.5 Å². The van der Waals surface area contributed by atoms with Crippen molar-refractivity contribution in [1.82, 2.24) is 10.2 Å². The Hall–Kier alpha value is -2.33. The lowest BCUT2D eigenvalue weighted by molar-refractivity contribution is -0.177. The highest BCUT2D eigenvalue weighted by atomic mass is 35.5. The molecular weight excluding hydrogens is 539 g/mol. The van der Waals surface area contributed by atoms with Crippen molar-refractivity contribution in [3.8, 4) is 0 Å². The van der Waals surface area contributed by atoms with Crippen LogP contribution in [-0.2, 0) is 19.4 Å². The van der Waals surface area contributed by atoms with Gasteiger partial charge in [0.15, 0.2) is 15.9 Å². The fraction of sp³-hybridized carbons (Fsp3) is 0.462. The van der Waals surface area contributed by atoms with Crippen molar-refractivity contribution < 1.29 is 27.9 Å². The molecule has 4 atom stereocenters. The largest absolute Gasteiger partial charge is 0.465 e. The molecule has 0 aromatic heterocycles. The zero-order valence-electron chi connectivity index (χ0n) is 21.1. The van der Waals surface area contributed by atoms with Gasteiger partial charge in [0.1, 0.15) is 6.10 Å². The molecule has 2 aromatic carbocycles. The molecule has 1 unspecified atom stereocenters. The van der Waals surface area contributed by atoms with Crippen LogP contribution in [0.2, 0.25) is 10.0 Å². The maximum atomic E-state index is 13.9. The number of morpholine rings is 1. The van der Waals surface area contributed by atoms with Gasteiger partial charge in [0.25, 0.3) is 5.91 Å². The van der Waals surface area contributed by atoms with Crippen LogP contribution in [0.25, 0.3) is 0 Å². The molecule has 1 heterocycles. The molecule has 0 spiro atoms. The van der Waals surface area contributed by atoms with Crippen LogP contribution in [0.4, 0.5) is 4.79 Å². The number of sulfone groups is 1. The third-order valence-corrected chi connectivity index (χ3v) is 9.64. The molecule has 37 heavy (non-hydrogen) atoms. The third-order valence-electron chi connectivity index (χ3n) is 6.46. The maximum Gasteiger partial charge on any atom is 0.404 e. The highest BCUT2D eigenvalue weighted by Crippen LogP contribution is 2.44. The summed E-state index contributed by atoms with van der Waals surface area (Å²) in [6.45, 7) is 6.41. The quantitative estimate of drug-likeness (QED) is 0.447. The minimum atomic E-state index is -3.61. The Kier molecular flexibility index (Phi) is 9.16. The molecule has 8 nitrogen and oxygen atoms in total. The minimum Gasteiger partial charge on any atom is -0.465 e. The van der Waals surface area contributed by atoms with Gasteiger partial charge in [-0.25, -0.2) is 13.2 Å². The van der Waals surface area contributed by atoms with Gasteiger partial charge in [-0.15, -0.1) is 0 Å². The average Bonchev–Trinajstić information content (AvgIpc) is 2.81. The van der Waals surface area contributed by atoms with Crippen LogP contribution in [0, 0.1) is 0 Å². The first-order valence-corrected chi connectivity index (χ1v) is 14.3. The monoisotopic (exact) mass is 570 g/mol. The number of halogens is 2. The first-order valence-electron chi connectivity index (χ1n) is 11.9. The van der Waals surface area contributed by atoms with Crippen molar-refractivity contribution in [2.45, 2.75) is 63.2 Å². The van der Waals surface area contributed by atoms with Gasteiger partial charge in [-0.3, -0.25) is 4.79 Å². The predicted molar refractivity (Wildman–Crippen MR) is 144 cm³/mol. The van der Waals surface area contributed by atoms with Crippen LogP contribution in [0.3, 0.4) is 0 Å². The van der Waals surface area contributed by atoms with Gasteiger partial charge in [0.05, 0.1) is 23.1 Å². The predicted octanol–water partition coefficient (Wildman–Crippen LogP) is 5.26. The molecule has 1 aliphatic rings. The number of ether oxygens (including phenoxy) is 1. The number of hydrogen-bond acceptors (Lipinski definition) is 5. The summed E-state index contributed by atoms with van der Waals surface area (Å²) in [4.78, 5) is 26.7. The maximum absolute atomic E-state index is 13.9. The molecule has 2 N–H and O–H groups in total. The SMILES string of the molecule is CCC(CS(=O)(=O)C(C)(C)C)N1C(=O)[C@@H](CNC(=O)O)O[C@H](c2cccc(Cl)c2)[C@H]1c1ccc(Cl)cc1. The van der Waals surface area contributed by atoms with Crippen molar-refractivity contribution in [3.63, 3.8) is 0 Å². The number of benzene rings is 2. The van der Waals surface area contributed by atoms with Crippen LogP contribution >= 0.6 is 23.2 Å². The fourth-order valence-corrected chi connectivity index (χ4v) is 6.05.